The maximum atomic E-state index is 11.0. The van der Waals surface area contributed by atoms with E-state index in [0.717, 1.165) is 5.69 Å². The van der Waals surface area contributed by atoms with Gasteiger partial charge < -0.3 is 4.74 Å². The Morgan fingerprint density at radius 3 is 2.50 bits per heavy atom. The number of ether oxygens (including phenoxy) is 1. The van der Waals surface area contributed by atoms with Gasteiger partial charge in [-0.2, -0.15) is 0 Å². The molecule has 0 spiro atoms. The third-order valence-electron chi connectivity index (χ3n) is 1.63. The highest BCUT2D eigenvalue weighted by Crippen LogP contribution is 2.27. The lowest BCUT2D eigenvalue weighted by Gasteiger charge is -2.01. The van der Waals surface area contributed by atoms with E-state index < -0.39 is 0 Å². The molecule has 0 saturated heterocycles. The zero-order chi connectivity index (χ0) is 9.30. The fourth-order valence-electron chi connectivity index (χ4n) is 1.11. The van der Waals surface area contributed by atoms with Crippen molar-refractivity contribution in [2.45, 2.75) is 13.8 Å². The summed E-state index contributed by atoms with van der Waals surface area (Å²) in [5.74, 6) is 0.421. The predicted molar refractivity (Wildman–Crippen MR) is 47.0 cm³/mol. The number of aryl methyl sites for hydroxylation is 1. The van der Waals surface area contributed by atoms with Crippen molar-refractivity contribution < 1.29 is 9.53 Å². The van der Waals surface area contributed by atoms with Gasteiger partial charge >= 0.3 is 0 Å². The van der Waals surface area contributed by atoms with Crippen molar-refractivity contribution in [3.05, 3.63) is 16.9 Å². The molecule has 3 nitrogen and oxygen atoms in total. The van der Waals surface area contributed by atoms with E-state index in [1.807, 2.05) is 0 Å². The highest BCUT2D eigenvalue weighted by atomic mass is 35.5. The Morgan fingerprint density at radius 2 is 2.25 bits per heavy atom. The third kappa shape index (κ3) is 1.32. The van der Waals surface area contributed by atoms with Gasteiger partial charge in [0.1, 0.15) is 0 Å². The second-order valence-electron chi connectivity index (χ2n) is 2.50. The van der Waals surface area contributed by atoms with E-state index in [0.29, 0.717) is 10.9 Å². The molecule has 0 fully saturated rings. The summed E-state index contributed by atoms with van der Waals surface area (Å²) in [6, 6.07) is 1.73. The molecule has 66 valence electrons. The molecule has 0 N–H and O–H groups in total. The Bertz CT molecular complexity index is 317. The average molecular weight is 188 g/mol. The van der Waals surface area contributed by atoms with E-state index in [1.54, 1.807) is 13.0 Å². The highest BCUT2D eigenvalue weighted by molar-refractivity contribution is 6.32. The largest absolute Gasteiger partial charge is 0.494 e. The van der Waals surface area contributed by atoms with Crippen LogP contribution in [0.1, 0.15) is 17.4 Å². The number of hydrogen-bond acceptors (Lipinski definition) is 2. The summed E-state index contributed by atoms with van der Waals surface area (Å²) in [5, 5.41) is 0.336. The Labute approximate surface area is 75.9 Å². The number of halogens is 1. The summed E-state index contributed by atoms with van der Waals surface area (Å²) in [6.45, 7) is 3.26. The minimum atomic E-state index is -0.110. The molecule has 0 radical (unpaired) electrons. The first-order valence-electron chi connectivity index (χ1n) is 3.50. The van der Waals surface area contributed by atoms with E-state index in [2.05, 4.69) is 0 Å². The van der Waals surface area contributed by atoms with Gasteiger partial charge in [-0.1, -0.05) is 11.6 Å². The van der Waals surface area contributed by atoms with Gasteiger partial charge in [-0.15, -0.1) is 0 Å². The maximum Gasteiger partial charge on any atom is 0.228 e. The first kappa shape index (κ1) is 9.13. The van der Waals surface area contributed by atoms with E-state index in [4.69, 9.17) is 16.3 Å². The molecule has 0 atom stereocenters. The summed E-state index contributed by atoms with van der Waals surface area (Å²) in [5.41, 5.74) is 0.782. The van der Waals surface area contributed by atoms with Gasteiger partial charge in [0.15, 0.2) is 10.9 Å². The first-order chi connectivity index (χ1) is 5.57. The van der Waals surface area contributed by atoms with Crippen LogP contribution in [0.4, 0.5) is 0 Å². The van der Waals surface area contributed by atoms with Crippen LogP contribution in [0, 0.1) is 6.92 Å². The molecule has 1 aromatic rings. The zero-order valence-corrected chi connectivity index (χ0v) is 7.97. The predicted octanol–water partition coefficient (Wildman–Crippen LogP) is 2.12. The third-order valence-corrected chi connectivity index (χ3v) is 1.98. The topological polar surface area (TPSA) is 31.2 Å². The maximum absolute atomic E-state index is 11.0. The second kappa shape index (κ2) is 3.19. The molecule has 0 saturated carbocycles. The number of carbonyl (C=O) groups excluding carboxylic acids is 1. The Balaban J connectivity index is 3.28. The quantitative estimate of drug-likeness (QED) is 0.675. The van der Waals surface area contributed by atoms with Gasteiger partial charge in [0.25, 0.3) is 0 Å². The number of hydrogen-bond donors (Lipinski definition) is 0. The molecule has 1 heterocycles. The smallest absolute Gasteiger partial charge is 0.228 e. The van der Waals surface area contributed by atoms with Crippen LogP contribution in [0.3, 0.4) is 0 Å². The molecule has 4 heteroatoms. The van der Waals surface area contributed by atoms with E-state index >= 15 is 0 Å². The lowest BCUT2D eigenvalue weighted by Crippen LogP contribution is -2.06. The van der Waals surface area contributed by atoms with Crippen LogP contribution in [0.15, 0.2) is 6.07 Å². The number of rotatable bonds is 1. The SMILES string of the molecule is COc1cc(C)n(C(C)=O)c1Cl. The minimum Gasteiger partial charge on any atom is -0.494 e. The number of carbonyl (C=O) groups is 1. The number of aromatic nitrogens is 1. The lowest BCUT2D eigenvalue weighted by atomic mass is 10.5. The first-order valence-corrected chi connectivity index (χ1v) is 3.88. The molecule has 0 aliphatic carbocycles. The molecule has 0 amide bonds. The van der Waals surface area contributed by atoms with Crippen LogP contribution in [0.2, 0.25) is 5.15 Å². The molecule has 1 aromatic heterocycles. The number of methoxy groups -OCH3 is 1. The van der Waals surface area contributed by atoms with Gasteiger partial charge in [-0.25, -0.2) is 0 Å². The van der Waals surface area contributed by atoms with Crippen molar-refractivity contribution in [1.29, 1.82) is 0 Å². The summed E-state index contributed by atoms with van der Waals surface area (Å²) in [6.07, 6.45) is 0. The summed E-state index contributed by atoms with van der Waals surface area (Å²) in [4.78, 5) is 11.0. The van der Waals surface area contributed by atoms with Crippen LogP contribution in [-0.2, 0) is 0 Å². The Morgan fingerprint density at radius 1 is 1.67 bits per heavy atom. The molecule has 0 aliphatic heterocycles. The normalized spacial score (nSPS) is 10.0. The van der Waals surface area contributed by atoms with Crippen molar-refractivity contribution >= 4 is 17.5 Å². The van der Waals surface area contributed by atoms with E-state index in [9.17, 15) is 4.79 Å². The summed E-state index contributed by atoms with van der Waals surface area (Å²) in [7, 11) is 1.52. The van der Waals surface area contributed by atoms with E-state index in [-0.39, 0.29) is 5.91 Å². The lowest BCUT2D eigenvalue weighted by molar-refractivity contribution is 0.0935. The molecule has 0 bridgehead atoms. The van der Waals surface area contributed by atoms with Crippen molar-refractivity contribution in [2.75, 3.05) is 7.11 Å². The van der Waals surface area contributed by atoms with Gasteiger partial charge in [-0.05, 0) is 6.92 Å². The molecule has 0 aliphatic rings. The van der Waals surface area contributed by atoms with Crippen molar-refractivity contribution in [2.24, 2.45) is 0 Å². The van der Waals surface area contributed by atoms with Crippen LogP contribution >= 0.6 is 11.6 Å². The second-order valence-corrected chi connectivity index (χ2v) is 2.86. The Hall–Kier alpha value is -0.960. The van der Waals surface area contributed by atoms with Gasteiger partial charge in [0.2, 0.25) is 5.91 Å². The van der Waals surface area contributed by atoms with Gasteiger partial charge in [-0.3, -0.25) is 9.36 Å². The number of nitrogens with zero attached hydrogens (tertiary/aromatic N) is 1. The van der Waals surface area contributed by atoms with Crippen molar-refractivity contribution in [1.82, 2.24) is 4.57 Å². The molecule has 1 rings (SSSR count). The van der Waals surface area contributed by atoms with Crippen molar-refractivity contribution in [3.63, 3.8) is 0 Å². The summed E-state index contributed by atoms with van der Waals surface area (Å²) >= 11 is 5.84. The Kier molecular flexibility index (Phi) is 2.43. The highest BCUT2D eigenvalue weighted by Gasteiger charge is 2.13. The minimum absolute atomic E-state index is 0.110. The zero-order valence-electron chi connectivity index (χ0n) is 7.22. The van der Waals surface area contributed by atoms with Gasteiger partial charge in [0, 0.05) is 18.7 Å². The molecule has 0 unspecified atom stereocenters. The standard InChI is InChI=1S/C8H10ClNO2/c1-5-4-7(12-3)8(9)10(5)6(2)11/h4H,1-3H3. The van der Waals surface area contributed by atoms with Crippen LogP contribution in [0.5, 0.6) is 5.75 Å². The molecular formula is C8H10ClNO2. The average Bonchev–Trinajstić information content (AvgIpc) is 2.25. The molecule has 0 aromatic carbocycles. The van der Waals surface area contributed by atoms with E-state index in [1.165, 1.54) is 18.6 Å². The van der Waals surface area contributed by atoms with Crippen molar-refractivity contribution in [3.8, 4) is 5.75 Å². The molecular weight excluding hydrogens is 178 g/mol. The molecule has 12 heavy (non-hydrogen) atoms. The van der Waals surface area contributed by atoms with Crippen LogP contribution in [-0.4, -0.2) is 17.6 Å². The summed E-state index contributed by atoms with van der Waals surface area (Å²) < 4.78 is 6.35. The fourth-order valence-corrected chi connectivity index (χ4v) is 1.49. The van der Waals surface area contributed by atoms with Gasteiger partial charge in [0.05, 0.1) is 7.11 Å². The van der Waals surface area contributed by atoms with Crippen LogP contribution < -0.4 is 4.74 Å². The van der Waals surface area contributed by atoms with Crippen LogP contribution in [0.25, 0.3) is 0 Å². The monoisotopic (exact) mass is 187 g/mol. The fraction of sp³-hybridized carbons (Fsp3) is 0.375.